The number of methoxy groups -OCH3 is 1. The monoisotopic (exact) mass is 372 g/mol. The van der Waals surface area contributed by atoms with E-state index in [2.05, 4.69) is 4.98 Å². The molecule has 4 nitrogen and oxygen atoms in total. The molecule has 0 unspecified atom stereocenters. The summed E-state index contributed by atoms with van der Waals surface area (Å²) < 4.78 is 19.4. The van der Waals surface area contributed by atoms with Crippen molar-refractivity contribution in [3.05, 3.63) is 64.6 Å². The number of H-pyrrole nitrogens is 1. The second-order valence-electron chi connectivity index (χ2n) is 6.50. The van der Waals surface area contributed by atoms with Gasteiger partial charge in [0.1, 0.15) is 17.3 Å². The van der Waals surface area contributed by atoms with Gasteiger partial charge in [0, 0.05) is 33.6 Å². The minimum absolute atomic E-state index is 0.124. The van der Waals surface area contributed by atoms with E-state index >= 15 is 0 Å². The minimum Gasteiger partial charge on any atom is -0.497 e. The number of rotatable bonds is 5. The fourth-order valence-corrected chi connectivity index (χ4v) is 3.33. The van der Waals surface area contributed by atoms with Gasteiger partial charge in [-0.25, -0.2) is 4.39 Å². The fourth-order valence-electron chi connectivity index (χ4n) is 3.11. The highest BCUT2D eigenvalue weighted by molar-refractivity contribution is 6.31. The second-order valence-corrected chi connectivity index (χ2v) is 6.91. The lowest BCUT2D eigenvalue weighted by atomic mass is 10.2. The van der Waals surface area contributed by atoms with Crippen LogP contribution in [-0.4, -0.2) is 28.9 Å². The summed E-state index contributed by atoms with van der Waals surface area (Å²) in [6.45, 7) is 0.160. The maximum Gasteiger partial charge on any atom is 0.270 e. The number of halogens is 2. The van der Waals surface area contributed by atoms with Gasteiger partial charge >= 0.3 is 0 Å². The van der Waals surface area contributed by atoms with Crippen molar-refractivity contribution >= 4 is 28.4 Å². The molecule has 1 aliphatic carbocycles. The first-order valence-corrected chi connectivity index (χ1v) is 8.85. The number of fused-ring (bicyclic) bond motifs is 1. The van der Waals surface area contributed by atoms with E-state index in [1.54, 1.807) is 24.1 Å². The molecule has 3 aromatic rings. The highest BCUT2D eigenvalue weighted by atomic mass is 35.5. The van der Waals surface area contributed by atoms with Crippen molar-refractivity contribution in [3.63, 3.8) is 0 Å². The van der Waals surface area contributed by atoms with Gasteiger partial charge in [0.15, 0.2) is 0 Å². The third-order valence-corrected chi connectivity index (χ3v) is 5.05. The molecule has 0 saturated heterocycles. The number of benzene rings is 2. The van der Waals surface area contributed by atoms with Crippen LogP contribution in [0.5, 0.6) is 5.75 Å². The molecule has 1 saturated carbocycles. The van der Waals surface area contributed by atoms with Gasteiger partial charge in [0.25, 0.3) is 5.91 Å². The van der Waals surface area contributed by atoms with Crippen LogP contribution in [0.25, 0.3) is 10.9 Å². The van der Waals surface area contributed by atoms with Crippen LogP contribution in [0.2, 0.25) is 5.02 Å². The summed E-state index contributed by atoms with van der Waals surface area (Å²) in [5.41, 5.74) is 1.66. The van der Waals surface area contributed by atoms with E-state index in [0.717, 1.165) is 29.5 Å². The lowest BCUT2D eigenvalue weighted by Gasteiger charge is -2.22. The van der Waals surface area contributed by atoms with Crippen LogP contribution in [0.1, 0.15) is 28.9 Å². The van der Waals surface area contributed by atoms with E-state index in [1.807, 2.05) is 24.3 Å². The summed E-state index contributed by atoms with van der Waals surface area (Å²) in [4.78, 5) is 17.9. The van der Waals surface area contributed by atoms with E-state index in [0.29, 0.717) is 16.3 Å². The van der Waals surface area contributed by atoms with Crippen molar-refractivity contribution in [2.24, 2.45) is 0 Å². The van der Waals surface area contributed by atoms with Crippen LogP contribution in [0.15, 0.2) is 42.5 Å². The number of amides is 1. The molecule has 1 fully saturated rings. The Hall–Kier alpha value is -2.53. The molecule has 134 valence electrons. The van der Waals surface area contributed by atoms with Gasteiger partial charge in [-0.1, -0.05) is 17.7 Å². The Labute approximate surface area is 155 Å². The van der Waals surface area contributed by atoms with Crippen molar-refractivity contribution in [1.29, 1.82) is 0 Å². The molecular weight excluding hydrogens is 355 g/mol. The Morgan fingerprint density at radius 1 is 1.31 bits per heavy atom. The fraction of sp³-hybridized carbons (Fsp3) is 0.250. The van der Waals surface area contributed by atoms with Gasteiger partial charge in [-0.3, -0.25) is 4.79 Å². The van der Waals surface area contributed by atoms with Gasteiger partial charge in [-0.2, -0.15) is 0 Å². The number of aromatic nitrogens is 1. The van der Waals surface area contributed by atoms with Crippen molar-refractivity contribution in [1.82, 2.24) is 9.88 Å². The highest BCUT2D eigenvalue weighted by Crippen LogP contribution is 2.32. The largest absolute Gasteiger partial charge is 0.497 e. The third kappa shape index (κ3) is 3.15. The maximum absolute atomic E-state index is 14.2. The molecule has 0 aliphatic heterocycles. The lowest BCUT2D eigenvalue weighted by Crippen LogP contribution is -2.33. The van der Waals surface area contributed by atoms with Gasteiger partial charge in [-0.15, -0.1) is 0 Å². The van der Waals surface area contributed by atoms with Crippen molar-refractivity contribution in [2.45, 2.75) is 25.4 Å². The molecule has 1 heterocycles. The van der Waals surface area contributed by atoms with Crippen molar-refractivity contribution in [2.75, 3.05) is 7.11 Å². The molecule has 2 aromatic carbocycles. The van der Waals surface area contributed by atoms with Gasteiger partial charge in [0.05, 0.1) is 13.7 Å². The molecule has 0 bridgehead atoms. The summed E-state index contributed by atoms with van der Waals surface area (Å²) in [6.07, 6.45) is 1.84. The van der Waals surface area contributed by atoms with Gasteiger partial charge in [-0.05, 0) is 43.2 Å². The van der Waals surface area contributed by atoms with Gasteiger partial charge < -0.3 is 14.6 Å². The van der Waals surface area contributed by atoms with Crippen LogP contribution in [0.4, 0.5) is 4.39 Å². The van der Waals surface area contributed by atoms with E-state index in [1.165, 1.54) is 6.07 Å². The number of carbonyl (C=O) groups excluding carboxylic acids is 1. The van der Waals surface area contributed by atoms with Gasteiger partial charge in [0.2, 0.25) is 0 Å². The first-order valence-electron chi connectivity index (χ1n) is 8.47. The summed E-state index contributed by atoms with van der Waals surface area (Å²) in [6, 6.07) is 12.1. The molecule has 1 amide bonds. The van der Waals surface area contributed by atoms with E-state index in [9.17, 15) is 9.18 Å². The topological polar surface area (TPSA) is 45.3 Å². The second kappa shape index (κ2) is 6.65. The predicted octanol–water partition coefficient (Wildman–Crippen LogP) is 4.77. The first kappa shape index (κ1) is 16.9. The van der Waals surface area contributed by atoms with Crippen LogP contribution >= 0.6 is 11.6 Å². The quantitative estimate of drug-likeness (QED) is 0.701. The Morgan fingerprint density at radius 2 is 2.12 bits per heavy atom. The van der Waals surface area contributed by atoms with Crippen LogP contribution in [-0.2, 0) is 6.54 Å². The average molecular weight is 373 g/mol. The SMILES string of the molecule is COc1ccc2cc(C(=O)N(Cc3c(F)cccc3Cl)C3CC3)[nH]c2c1. The molecule has 0 radical (unpaired) electrons. The van der Waals surface area contributed by atoms with Crippen LogP contribution in [0, 0.1) is 5.82 Å². The number of aromatic amines is 1. The molecule has 1 aliphatic rings. The summed E-state index contributed by atoms with van der Waals surface area (Å²) >= 11 is 6.15. The number of hydrogen-bond acceptors (Lipinski definition) is 2. The smallest absolute Gasteiger partial charge is 0.270 e. The van der Waals surface area contributed by atoms with Crippen LogP contribution < -0.4 is 4.74 Å². The zero-order valence-electron chi connectivity index (χ0n) is 14.3. The molecule has 0 atom stereocenters. The highest BCUT2D eigenvalue weighted by Gasteiger charge is 2.34. The zero-order chi connectivity index (χ0) is 18.3. The van der Waals surface area contributed by atoms with Crippen molar-refractivity contribution < 1.29 is 13.9 Å². The van der Waals surface area contributed by atoms with Crippen molar-refractivity contribution in [3.8, 4) is 5.75 Å². The normalized spacial score (nSPS) is 13.8. The zero-order valence-corrected chi connectivity index (χ0v) is 15.0. The van der Waals surface area contributed by atoms with E-state index in [-0.39, 0.29) is 18.5 Å². The van der Waals surface area contributed by atoms with Crippen LogP contribution in [0.3, 0.4) is 0 Å². The minimum atomic E-state index is -0.391. The first-order chi connectivity index (χ1) is 12.6. The predicted molar refractivity (Wildman–Crippen MR) is 99.2 cm³/mol. The molecule has 0 spiro atoms. The van der Waals surface area contributed by atoms with E-state index < -0.39 is 5.82 Å². The Balaban J connectivity index is 1.66. The number of ether oxygens (including phenoxy) is 1. The summed E-state index contributed by atoms with van der Waals surface area (Å²) in [5.74, 6) is 0.176. The number of hydrogen-bond donors (Lipinski definition) is 1. The summed E-state index contributed by atoms with van der Waals surface area (Å²) in [5, 5.41) is 1.26. The molecule has 1 aromatic heterocycles. The Morgan fingerprint density at radius 3 is 2.81 bits per heavy atom. The average Bonchev–Trinajstić information content (AvgIpc) is 3.38. The molecule has 26 heavy (non-hydrogen) atoms. The molecule has 1 N–H and O–H groups in total. The summed E-state index contributed by atoms with van der Waals surface area (Å²) in [7, 11) is 1.60. The number of nitrogens with one attached hydrogen (secondary N) is 1. The standard InChI is InChI=1S/C20H18ClFN2O2/c1-26-14-8-5-12-9-19(23-18(12)10-14)20(25)24(13-6-7-13)11-15-16(21)3-2-4-17(15)22/h2-5,8-10,13,23H,6-7,11H2,1H3. The molecule has 4 rings (SSSR count). The van der Waals surface area contributed by atoms with E-state index in [4.69, 9.17) is 16.3 Å². The molecule has 6 heteroatoms. The Bertz CT molecular complexity index is 961. The Kier molecular flexibility index (Phi) is 4.32. The maximum atomic E-state index is 14.2. The number of nitrogens with zero attached hydrogens (tertiary/aromatic N) is 1. The molecular formula is C20H18ClFN2O2. The lowest BCUT2D eigenvalue weighted by molar-refractivity contribution is 0.0723. The third-order valence-electron chi connectivity index (χ3n) is 4.70. The number of carbonyl (C=O) groups is 1.